The number of alkyl halides is 1. The Bertz CT molecular complexity index is 3550. The number of carbonyl (C=O) groups is 4. The summed E-state index contributed by atoms with van der Waals surface area (Å²) in [6.45, 7) is -0.133. The zero-order valence-electron chi connectivity index (χ0n) is 44.1. The number of hydrogen-bond donors (Lipinski definition) is 2. The number of halogens is 1. The van der Waals surface area contributed by atoms with Gasteiger partial charge in [0.15, 0.2) is 23.1 Å². The van der Waals surface area contributed by atoms with Crippen LogP contribution in [0.15, 0.2) is 258 Å². The zero-order valence-corrected chi connectivity index (χ0v) is 47.9. The molecule has 9 aromatic rings. The van der Waals surface area contributed by atoms with Gasteiger partial charge in [-0.2, -0.15) is 0 Å². The van der Waals surface area contributed by atoms with Crippen molar-refractivity contribution in [2.24, 2.45) is 5.16 Å². The fourth-order valence-corrected chi connectivity index (χ4v) is 13.4. The molecule has 0 unspecified atom stereocenters. The van der Waals surface area contributed by atoms with Gasteiger partial charge in [-0.3, -0.25) is 19.3 Å². The third-order valence-corrected chi connectivity index (χ3v) is 17.3. The summed E-state index contributed by atoms with van der Waals surface area (Å²) in [4.78, 5) is 70.5. The third-order valence-electron chi connectivity index (χ3n) is 14.3. The maximum atomic E-state index is 15.0. The Hall–Kier alpha value is -8.64. The van der Waals surface area contributed by atoms with E-state index in [9.17, 15) is 19.2 Å². The van der Waals surface area contributed by atoms with Crippen LogP contribution in [0.25, 0.3) is 0 Å². The predicted molar refractivity (Wildman–Crippen MR) is 329 cm³/mol. The summed E-state index contributed by atoms with van der Waals surface area (Å²) < 4.78 is 13.0. The monoisotopic (exact) mass is 1230 g/mol. The van der Waals surface area contributed by atoms with E-state index >= 15 is 0 Å². The van der Waals surface area contributed by atoms with Crippen LogP contribution >= 0.6 is 45.7 Å². The fraction of sp³-hybridized carbons (Fsp3) is 0.134. The first-order valence-electron chi connectivity index (χ1n) is 26.6. The number of rotatable bonds is 21. The minimum Gasteiger partial charge on any atom is -0.452 e. The minimum atomic E-state index is -1.04. The largest absolute Gasteiger partial charge is 0.452 e. The third kappa shape index (κ3) is 12.0. The Balaban J connectivity index is 0.885. The molecule has 15 heteroatoms. The van der Waals surface area contributed by atoms with E-state index in [4.69, 9.17) is 19.3 Å². The number of anilines is 1. The van der Waals surface area contributed by atoms with Crippen LogP contribution in [0, 0.1) is 0 Å². The van der Waals surface area contributed by atoms with Gasteiger partial charge >= 0.3 is 11.9 Å². The number of aromatic nitrogens is 1. The summed E-state index contributed by atoms with van der Waals surface area (Å²) in [7, 11) is 0. The average Bonchev–Trinajstić information content (AvgIpc) is 3.35. The number of carbonyl (C=O) groups excluding carboxylic acids is 4. The van der Waals surface area contributed by atoms with Crippen molar-refractivity contribution < 1.29 is 33.5 Å². The topological polar surface area (TPSA) is 149 Å². The molecule has 12 nitrogen and oxygen atoms in total. The van der Waals surface area contributed by atoms with Crippen molar-refractivity contribution in [2.45, 2.75) is 42.2 Å². The van der Waals surface area contributed by atoms with E-state index < -0.39 is 52.9 Å². The summed E-state index contributed by atoms with van der Waals surface area (Å²) in [5.41, 5.74) is 7.36. The minimum absolute atomic E-state index is 0.0678. The second kappa shape index (κ2) is 25.9. The van der Waals surface area contributed by atoms with Gasteiger partial charge in [0.2, 0.25) is 0 Å². The van der Waals surface area contributed by atoms with Gasteiger partial charge < -0.3 is 24.9 Å². The molecular weight excluding hydrogens is 1180 g/mol. The first kappa shape index (κ1) is 55.3. The number of ether oxygens (including phenoxy) is 2. The highest BCUT2D eigenvalue weighted by molar-refractivity contribution is 14.1. The van der Waals surface area contributed by atoms with E-state index in [2.05, 4.69) is 74.8 Å². The Morgan fingerprint density at radius 1 is 0.622 bits per heavy atom. The number of β-lactam (4-membered cyclic amide) rings is 1. The van der Waals surface area contributed by atoms with Gasteiger partial charge in [-0.25, -0.2) is 9.78 Å². The Labute approximate surface area is 497 Å². The van der Waals surface area contributed by atoms with Crippen LogP contribution in [0.1, 0.15) is 68.0 Å². The number of oxime groups is 1. The van der Waals surface area contributed by atoms with Crippen molar-refractivity contribution >= 4 is 80.3 Å². The second-order valence-corrected chi connectivity index (χ2v) is 22.1. The Kier molecular flexibility index (Phi) is 17.4. The molecule has 0 radical (unpaired) electrons. The average molecular weight is 1230 g/mol. The van der Waals surface area contributed by atoms with E-state index in [1.54, 1.807) is 5.38 Å². The lowest BCUT2D eigenvalue weighted by Gasteiger charge is -2.49. The summed E-state index contributed by atoms with van der Waals surface area (Å²) in [5.74, 6) is -1.85. The molecule has 0 spiro atoms. The lowest BCUT2D eigenvalue weighted by atomic mass is 9.77. The molecule has 408 valence electrons. The van der Waals surface area contributed by atoms with Crippen LogP contribution in [0.5, 0.6) is 0 Å². The van der Waals surface area contributed by atoms with Crippen LogP contribution in [-0.4, -0.2) is 60.9 Å². The van der Waals surface area contributed by atoms with Gasteiger partial charge in [0, 0.05) is 15.6 Å². The Morgan fingerprint density at radius 2 is 1.07 bits per heavy atom. The predicted octanol–water partition coefficient (Wildman–Crippen LogP) is 12.8. The van der Waals surface area contributed by atoms with Crippen molar-refractivity contribution in [3.05, 3.63) is 309 Å². The molecule has 2 aliphatic rings. The van der Waals surface area contributed by atoms with Crippen molar-refractivity contribution in [3.8, 4) is 0 Å². The molecule has 0 aliphatic carbocycles. The number of fused-ring (bicyclic) bond motifs is 1. The van der Waals surface area contributed by atoms with Crippen LogP contribution in [0.3, 0.4) is 0 Å². The standard InChI is InChI=1S/C67H54IN5O7S2/c68-41-51-43-81-64-58(63(76)73(64)59(51)65(77)80-61(47-28-12-3-13-29-47)48-30-14-4-15-31-48)70-62(75)57(55-44-82-66(69-55)71-67(52-34-16-5-17-35-52,53-36-18-6-19-37-53)54-38-20-7-21-39-54)72-78-42-50-33-23-22-32-49(50)40-56(74)79-60(45-24-8-1-9-25-45)46-26-10-2-11-27-46/h1-39,44,58,60-61,64H,40-43H2,(H,69,71)(H,70,75)/b72-57-/t58-,64-/m1/s1. The number of thiazole rings is 1. The van der Waals surface area contributed by atoms with Crippen molar-refractivity contribution in [3.63, 3.8) is 0 Å². The molecule has 2 amide bonds. The number of benzene rings is 8. The Morgan fingerprint density at radius 3 is 1.56 bits per heavy atom. The maximum Gasteiger partial charge on any atom is 0.356 e. The van der Waals surface area contributed by atoms with Gasteiger partial charge in [-0.1, -0.05) is 264 Å². The molecule has 11 rings (SSSR count). The molecular formula is C67H54IN5O7S2. The molecule has 8 aromatic carbocycles. The number of nitrogens with one attached hydrogen (secondary N) is 2. The summed E-state index contributed by atoms with van der Waals surface area (Å²) in [5, 5.41) is 12.8. The summed E-state index contributed by atoms with van der Waals surface area (Å²) in [6, 6.07) is 74.7. The quantitative estimate of drug-likeness (QED) is 0.0135. The van der Waals surface area contributed by atoms with Crippen molar-refractivity contribution in [1.82, 2.24) is 15.2 Å². The van der Waals surface area contributed by atoms with Crippen LogP contribution < -0.4 is 10.6 Å². The first-order chi connectivity index (χ1) is 40.3. The summed E-state index contributed by atoms with van der Waals surface area (Å²) >= 11 is 4.94. The van der Waals surface area contributed by atoms with Gasteiger partial charge in [0.1, 0.15) is 35.0 Å². The molecule has 0 bridgehead atoms. The first-order valence-corrected chi connectivity index (χ1v) is 30.1. The van der Waals surface area contributed by atoms with E-state index in [0.29, 0.717) is 26.4 Å². The highest BCUT2D eigenvalue weighted by atomic mass is 127. The highest BCUT2D eigenvalue weighted by Crippen LogP contribution is 2.43. The molecule has 2 atom stereocenters. The molecule has 1 saturated heterocycles. The molecule has 82 heavy (non-hydrogen) atoms. The maximum absolute atomic E-state index is 15.0. The van der Waals surface area contributed by atoms with Gasteiger partial charge in [0.05, 0.1) is 6.42 Å². The van der Waals surface area contributed by atoms with Crippen LogP contribution in [-0.2, 0) is 52.1 Å². The van der Waals surface area contributed by atoms with Gasteiger partial charge in [-0.15, -0.1) is 23.1 Å². The van der Waals surface area contributed by atoms with Crippen molar-refractivity contribution in [1.29, 1.82) is 0 Å². The van der Waals surface area contributed by atoms with Crippen LogP contribution in [0.4, 0.5) is 5.13 Å². The normalized spacial score (nSPS) is 15.1. The van der Waals surface area contributed by atoms with E-state index in [1.165, 1.54) is 28.0 Å². The van der Waals surface area contributed by atoms with E-state index in [0.717, 1.165) is 44.5 Å². The lowest BCUT2D eigenvalue weighted by Crippen LogP contribution is -2.71. The second-order valence-electron chi connectivity index (χ2n) is 19.4. The smallest absolute Gasteiger partial charge is 0.356 e. The number of thioether (sulfide) groups is 1. The van der Waals surface area contributed by atoms with Crippen LogP contribution in [0.2, 0.25) is 0 Å². The number of esters is 2. The number of hydrogen-bond acceptors (Lipinski definition) is 12. The number of nitrogens with zero attached hydrogens (tertiary/aromatic N) is 3. The fourth-order valence-electron chi connectivity index (χ4n) is 10.3. The molecule has 2 N–H and O–H groups in total. The summed E-state index contributed by atoms with van der Waals surface area (Å²) in [6.07, 6.45) is -1.43. The molecule has 2 aliphatic heterocycles. The molecule has 0 saturated carbocycles. The molecule has 1 fully saturated rings. The zero-order chi connectivity index (χ0) is 56.3. The number of amides is 2. The SMILES string of the molecule is O=C(Cc1ccccc1CO/N=C(\C(=O)N[C@@H]1C(=O)N2C(C(=O)OC(c3ccccc3)c3ccccc3)=C(CI)CS[C@H]12)c1csc(NC(c2ccccc2)(c2ccccc2)c2ccccc2)n1)OC(c1ccccc1)c1ccccc1. The van der Waals surface area contributed by atoms with Crippen molar-refractivity contribution in [2.75, 3.05) is 15.5 Å². The molecule has 3 heterocycles. The highest BCUT2D eigenvalue weighted by Gasteiger charge is 2.55. The molecule has 1 aromatic heterocycles. The van der Waals surface area contributed by atoms with E-state index in [1.807, 2.05) is 200 Å². The van der Waals surface area contributed by atoms with Gasteiger partial charge in [-0.05, 0) is 55.6 Å². The lowest BCUT2D eigenvalue weighted by molar-refractivity contribution is -0.154. The van der Waals surface area contributed by atoms with E-state index in [-0.39, 0.29) is 30.1 Å². The van der Waals surface area contributed by atoms with Gasteiger partial charge in [0.25, 0.3) is 11.8 Å².